The van der Waals surface area contributed by atoms with Gasteiger partial charge in [-0.05, 0) is 32.2 Å². The topological polar surface area (TPSA) is 29.1 Å². The van der Waals surface area contributed by atoms with Crippen LogP contribution < -0.4 is 5.32 Å². The van der Waals surface area contributed by atoms with E-state index < -0.39 is 0 Å². The molecule has 70 valence electrons. The molecule has 2 nitrogen and oxygen atoms in total. The van der Waals surface area contributed by atoms with Gasteiger partial charge in [-0.15, -0.1) is 0 Å². The van der Waals surface area contributed by atoms with E-state index in [2.05, 4.69) is 12.2 Å². The van der Waals surface area contributed by atoms with Gasteiger partial charge in [0.05, 0.1) is 0 Å². The number of Topliss-reactive ketones (excluding diaryl/α,β-unsaturated/α-hetero) is 1. The molecule has 0 radical (unpaired) electrons. The zero-order valence-corrected chi connectivity index (χ0v) is 8.26. The molecule has 0 aromatic heterocycles. The Labute approximate surface area is 74.7 Å². The summed E-state index contributed by atoms with van der Waals surface area (Å²) in [7, 11) is 0. The first-order valence-electron chi connectivity index (χ1n) is 4.86. The van der Waals surface area contributed by atoms with E-state index in [-0.39, 0.29) is 5.92 Å². The number of hydrogen-bond donors (Lipinski definition) is 1. The van der Waals surface area contributed by atoms with E-state index in [4.69, 9.17) is 0 Å². The van der Waals surface area contributed by atoms with Crippen molar-refractivity contribution in [2.75, 3.05) is 6.54 Å². The zero-order chi connectivity index (χ0) is 9.14. The average molecular weight is 169 g/mol. The summed E-state index contributed by atoms with van der Waals surface area (Å²) in [5.41, 5.74) is 0. The van der Waals surface area contributed by atoms with E-state index in [1.54, 1.807) is 6.92 Å². The molecule has 0 aromatic rings. The Bertz CT molecular complexity index is 161. The monoisotopic (exact) mass is 169 g/mol. The normalized spacial score (nSPS) is 28.4. The molecule has 1 heterocycles. The molecule has 1 rings (SSSR count). The fourth-order valence-electron chi connectivity index (χ4n) is 1.88. The summed E-state index contributed by atoms with van der Waals surface area (Å²) in [6.07, 6.45) is 2.50. The molecular formula is C10H19NO. The van der Waals surface area contributed by atoms with E-state index in [1.807, 2.05) is 6.92 Å². The lowest BCUT2D eigenvalue weighted by Crippen LogP contribution is -2.34. The predicted octanol–water partition coefficient (Wildman–Crippen LogP) is 1.60. The lowest BCUT2D eigenvalue weighted by Gasteiger charge is -2.23. The van der Waals surface area contributed by atoms with E-state index in [9.17, 15) is 4.79 Å². The Morgan fingerprint density at radius 3 is 2.58 bits per heavy atom. The summed E-state index contributed by atoms with van der Waals surface area (Å²) in [4.78, 5) is 11.1. The second-order valence-corrected chi connectivity index (χ2v) is 3.96. The largest absolute Gasteiger partial charge is 0.314 e. The number of rotatable bonds is 3. The molecule has 0 spiro atoms. The third kappa shape index (κ3) is 2.07. The van der Waals surface area contributed by atoms with Crippen molar-refractivity contribution in [2.45, 2.75) is 39.7 Å². The van der Waals surface area contributed by atoms with Crippen LogP contribution in [-0.2, 0) is 4.79 Å². The molecule has 0 aliphatic carbocycles. The maximum absolute atomic E-state index is 11.1. The molecule has 2 heteroatoms. The number of nitrogens with one attached hydrogen (secondary N) is 1. The van der Waals surface area contributed by atoms with Gasteiger partial charge in [-0.1, -0.05) is 13.8 Å². The van der Waals surface area contributed by atoms with E-state index >= 15 is 0 Å². The first-order valence-corrected chi connectivity index (χ1v) is 4.86. The smallest absolute Gasteiger partial charge is 0.132 e. The molecule has 0 saturated carbocycles. The summed E-state index contributed by atoms with van der Waals surface area (Å²) in [5, 5.41) is 3.44. The minimum absolute atomic E-state index is 0.209. The van der Waals surface area contributed by atoms with Crippen LogP contribution in [0.4, 0.5) is 0 Å². The molecule has 1 N–H and O–H groups in total. The molecule has 1 aliphatic heterocycles. The highest BCUT2D eigenvalue weighted by Gasteiger charge is 2.27. The third-order valence-electron chi connectivity index (χ3n) is 3.16. The molecular weight excluding hydrogens is 150 g/mol. The van der Waals surface area contributed by atoms with E-state index in [1.165, 1.54) is 12.8 Å². The number of carbonyl (C=O) groups is 1. The van der Waals surface area contributed by atoms with Gasteiger partial charge in [-0.3, -0.25) is 4.79 Å². The lowest BCUT2D eigenvalue weighted by molar-refractivity contribution is -0.121. The van der Waals surface area contributed by atoms with Crippen molar-refractivity contribution in [3.63, 3.8) is 0 Å². The van der Waals surface area contributed by atoms with Gasteiger partial charge in [-0.25, -0.2) is 0 Å². The Morgan fingerprint density at radius 1 is 1.50 bits per heavy atom. The third-order valence-corrected chi connectivity index (χ3v) is 3.16. The molecule has 1 aliphatic rings. The highest BCUT2D eigenvalue weighted by Crippen LogP contribution is 2.22. The predicted molar refractivity (Wildman–Crippen MR) is 50.0 cm³/mol. The molecule has 0 bridgehead atoms. The van der Waals surface area contributed by atoms with Gasteiger partial charge >= 0.3 is 0 Å². The Kier molecular flexibility index (Phi) is 3.27. The summed E-state index contributed by atoms with van der Waals surface area (Å²) in [5.74, 6) is 1.02. The second kappa shape index (κ2) is 4.04. The fraction of sp³-hybridized carbons (Fsp3) is 0.900. The summed E-state index contributed by atoms with van der Waals surface area (Å²) >= 11 is 0. The van der Waals surface area contributed by atoms with Crippen molar-refractivity contribution < 1.29 is 4.79 Å². The van der Waals surface area contributed by atoms with Gasteiger partial charge in [0.15, 0.2) is 0 Å². The number of carbonyl (C=O) groups excluding carboxylic acids is 1. The SMILES string of the molecule is CC(=O)[C@H](C)[C@@H](C)[C@@H]1CCCN1. The first kappa shape index (κ1) is 9.72. The van der Waals surface area contributed by atoms with Gasteiger partial charge < -0.3 is 5.32 Å². The Morgan fingerprint density at radius 2 is 2.17 bits per heavy atom. The lowest BCUT2D eigenvalue weighted by atomic mass is 9.86. The van der Waals surface area contributed by atoms with Crippen LogP contribution in [0.2, 0.25) is 0 Å². The minimum Gasteiger partial charge on any atom is -0.314 e. The maximum atomic E-state index is 11.1. The van der Waals surface area contributed by atoms with Crippen LogP contribution in [0, 0.1) is 11.8 Å². The van der Waals surface area contributed by atoms with Crippen molar-refractivity contribution in [3.05, 3.63) is 0 Å². The van der Waals surface area contributed by atoms with Crippen LogP contribution >= 0.6 is 0 Å². The fourth-order valence-corrected chi connectivity index (χ4v) is 1.88. The maximum Gasteiger partial charge on any atom is 0.132 e. The molecule has 0 unspecified atom stereocenters. The van der Waals surface area contributed by atoms with Crippen LogP contribution in [-0.4, -0.2) is 18.4 Å². The van der Waals surface area contributed by atoms with E-state index in [0.717, 1.165) is 6.54 Å². The van der Waals surface area contributed by atoms with Crippen molar-refractivity contribution in [2.24, 2.45) is 11.8 Å². The van der Waals surface area contributed by atoms with Crippen molar-refractivity contribution >= 4 is 5.78 Å². The molecule has 1 saturated heterocycles. The van der Waals surface area contributed by atoms with Crippen LogP contribution in [0.15, 0.2) is 0 Å². The number of hydrogen-bond acceptors (Lipinski definition) is 2. The molecule has 3 atom stereocenters. The minimum atomic E-state index is 0.209. The number of ketones is 1. The Hall–Kier alpha value is -0.370. The highest BCUT2D eigenvalue weighted by atomic mass is 16.1. The Balaban J connectivity index is 2.44. The molecule has 0 amide bonds. The van der Waals surface area contributed by atoms with Crippen LogP contribution in [0.25, 0.3) is 0 Å². The van der Waals surface area contributed by atoms with E-state index in [0.29, 0.717) is 17.7 Å². The molecule has 1 fully saturated rings. The van der Waals surface area contributed by atoms with Crippen molar-refractivity contribution in [1.29, 1.82) is 0 Å². The summed E-state index contributed by atoms with van der Waals surface area (Å²) in [6, 6.07) is 0.573. The van der Waals surface area contributed by atoms with Gasteiger partial charge in [-0.2, -0.15) is 0 Å². The molecule has 0 aromatic carbocycles. The van der Waals surface area contributed by atoms with Crippen LogP contribution in [0.3, 0.4) is 0 Å². The van der Waals surface area contributed by atoms with Crippen molar-refractivity contribution in [3.8, 4) is 0 Å². The van der Waals surface area contributed by atoms with Gasteiger partial charge in [0.2, 0.25) is 0 Å². The molecule has 12 heavy (non-hydrogen) atoms. The van der Waals surface area contributed by atoms with Gasteiger partial charge in [0.1, 0.15) is 5.78 Å². The summed E-state index contributed by atoms with van der Waals surface area (Å²) in [6.45, 7) is 7.03. The van der Waals surface area contributed by atoms with Crippen LogP contribution in [0.1, 0.15) is 33.6 Å². The average Bonchev–Trinajstić information content (AvgIpc) is 2.53. The second-order valence-electron chi connectivity index (χ2n) is 3.96. The highest BCUT2D eigenvalue weighted by molar-refractivity contribution is 5.78. The quantitative estimate of drug-likeness (QED) is 0.695. The summed E-state index contributed by atoms with van der Waals surface area (Å²) < 4.78 is 0. The zero-order valence-electron chi connectivity index (χ0n) is 8.26. The van der Waals surface area contributed by atoms with Gasteiger partial charge in [0.25, 0.3) is 0 Å². The van der Waals surface area contributed by atoms with Crippen LogP contribution in [0.5, 0.6) is 0 Å². The van der Waals surface area contributed by atoms with Gasteiger partial charge in [0, 0.05) is 12.0 Å². The van der Waals surface area contributed by atoms with Crippen molar-refractivity contribution in [1.82, 2.24) is 5.32 Å². The first-order chi connectivity index (χ1) is 5.63. The standard InChI is InChI=1S/C10H19NO/c1-7(9(3)12)8(2)10-5-4-6-11-10/h7-8,10-11H,4-6H2,1-3H3/t7-,8-,10+/m1/s1.